The number of amides is 1. The van der Waals surface area contributed by atoms with Crippen LogP contribution < -0.4 is 0 Å². The molecule has 0 aliphatic carbocycles. The van der Waals surface area contributed by atoms with Gasteiger partial charge in [-0.1, -0.05) is 18.2 Å². The molecule has 0 radical (unpaired) electrons. The fourth-order valence-electron chi connectivity index (χ4n) is 1.52. The fourth-order valence-corrected chi connectivity index (χ4v) is 1.52. The summed E-state index contributed by atoms with van der Waals surface area (Å²) in [5.74, 6) is 0.678. The molecule has 0 atom stereocenters. The lowest BCUT2D eigenvalue weighted by molar-refractivity contribution is -0.124. The van der Waals surface area contributed by atoms with Crippen molar-refractivity contribution in [2.24, 2.45) is 0 Å². The van der Waals surface area contributed by atoms with Crippen molar-refractivity contribution in [3.63, 3.8) is 0 Å². The highest BCUT2D eigenvalue weighted by Crippen LogP contribution is 2.19. The highest BCUT2D eigenvalue weighted by Gasteiger charge is 2.03. The second-order valence-electron chi connectivity index (χ2n) is 3.87. The molecule has 1 aromatic heterocycles. The van der Waals surface area contributed by atoms with Crippen molar-refractivity contribution in [1.29, 1.82) is 0 Å². The van der Waals surface area contributed by atoms with E-state index in [-0.39, 0.29) is 5.91 Å². The van der Waals surface area contributed by atoms with Gasteiger partial charge < -0.3 is 9.32 Å². The third kappa shape index (κ3) is 2.56. The van der Waals surface area contributed by atoms with Gasteiger partial charge in [-0.15, -0.1) is 0 Å². The Morgan fingerprint density at radius 1 is 1.41 bits per heavy atom. The van der Waals surface area contributed by atoms with E-state index in [1.165, 1.54) is 6.08 Å². The highest BCUT2D eigenvalue weighted by molar-refractivity contribution is 5.92. The highest BCUT2D eigenvalue weighted by atomic mass is 16.3. The number of furan rings is 1. The van der Waals surface area contributed by atoms with Crippen molar-refractivity contribution in [3.05, 3.63) is 42.2 Å². The molecular formula is C14H15NO2. The minimum Gasteiger partial charge on any atom is -0.457 e. The van der Waals surface area contributed by atoms with Gasteiger partial charge in [-0.2, -0.15) is 0 Å². The van der Waals surface area contributed by atoms with Crippen LogP contribution in [0.3, 0.4) is 0 Å². The number of likely N-dealkylation sites (N-methyl/N-ethyl adjacent to an activating group) is 1. The molecule has 17 heavy (non-hydrogen) atoms. The quantitative estimate of drug-likeness (QED) is 0.758. The van der Waals surface area contributed by atoms with Crippen LogP contribution in [-0.2, 0) is 4.79 Å². The summed E-state index contributed by atoms with van der Waals surface area (Å²) >= 11 is 0. The van der Waals surface area contributed by atoms with E-state index in [0.717, 1.165) is 11.0 Å². The first kappa shape index (κ1) is 11.5. The molecule has 88 valence electrons. The van der Waals surface area contributed by atoms with Crippen molar-refractivity contribution in [3.8, 4) is 0 Å². The molecule has 0 aliphatic rings. The summed E-state index contributed by atoms with van der Waals surface area (Å²) < 4.78 is 5.57. The average Bonchev–Trinajstić information content (AvgIpc) is 2.77. The molecule has 1 heterocycles. The molecule has 0 spiro atoms. The first-order valence-electron chi connectivity index (χ1n) is 5.62. The zero-order valence-corrected chi connectivity index (χ0v) is 10.0. The van der Waals surface area contributed by atoms with Crippen LogP contribution in [0, 0.1) is 0 Å². The van der Waals surface area contributed by atoms with E-state index >= 15 is 0 Å². The lowest BCUT2D eigenvalue weighted by atomic mass is 10.2. The van der Waals surface area contributed by atoms with Crippen LogP contribution >= 0.6 is 0 Å². The van der Waals surface area contributed by atoms with E-state index in [1.807, 2.05) is 37.3 Å². The molecule has 0 aliphatic heterocycles. The SMILES string of the molecule is CCN(C)C(=O)/C=C/c1cc2ccccc2o1. The molecule has 3 heteroatoms. The van der Waals surface area contributed by atoms with Gasteiger partial charge in [-0.25, -0.2) is 0 Å². The van der Waals surface area contributed by atoms with Gasteiger partial charge in [0, 0.05) is 25.1 Å². The number of rotatable bonds is 3. The van der Waals surface area contributed by atoms with E-state index in [1.54, 1.807) is 18.0 Å². The van der Waals surface area contributed by atoms with Gasteiger partial charge in [-0.3, -0.25) is 4.79 Å². The summed E-state index contributed by atoms with van der Waals surface area (Å²) in [7, 11) is 1.77. The van der Waals surface area contributed by atoms with Crippen LogP contribution in [0.2, 0.25) is 0 Å². The maximum atomic E-state index is 11.6. The Morgan fingerprint density at radius 2 is 2.18 bits per heavy atom. The van der Waals surface area contributed by atoms with E-state index in [0.29, 0.717) is 12.3 Å². The summed E-state index contributed by atoms with van der Waals surface area (Å²) in [6.07, 6.45) is 3.23. The van der Waals surface area contributed by atoms with Gasteiger partial charge >= 0.3 is 0 Å². The summed E-state index contributed by atoms with van der Waals surface area (Å²) in [4.78, 5) is 13.2. The average molecular weight is 229 g/mol. The molecule has 2 rings (SSSR count). The first-order chi connectivity index (χ1) is 8.20. The number of hydrogen-bond donors (Lipinski definition) is 0. The molecule has 0 fully saturated rings. The normalized spacial score (nSPS) is 11.2. The molecule has 0 unspecified atom stereocenters. The monoisotopic (exact) mass is 229 g/mol. The standard InChI is InChI=1S/C14H15NO2/c1-3-15(2)14(16)9-8-12-10-11-6-4-5-7-13(11)17-12/h4-10H,3H2,1-2H3/b9-8+. The third-order valence-corrected chi connectivity index (χ3v) is 2.69. The summed E-state index contributed by atoms with van der Waals surface area (Å²) in [5, 5.41) is 1.04. The van der Waals surface area contributed by atoms with Crippen LogP contribution in [-0.4, -0.2) is 24.4 Å². The lowest BCUT2D eigenvalue weighted by Crippen LogP contribution is -2.23. The van der Waals surface area contributed by atoms with Crippen LogP contribution in [0.5, 0.6) is 0 Å². The Hall–Kier alpha value is -2.03. The van der Waals surface area contributed by atoms with E-state index in [4.69, 9.17) is 4.42 Å². The van der Waals surface area contributed by atoms with Crippen molar-refractivity contribution in [1.82, 2.24) is 4.90 Å². The van der Waals surface area contributed by atoms with Gasteiger partial charge in [-0.05, 0) is 25.1 Å². The Bertz CT molecular complexity index is 521. The molecule has 0 saturated carbocycles. The molecule has 0 bridgehead atoms. The maximum absolute atomic E-state index is 11.6. The second kappa shape index (κ2) is 4.87. The number of benzene rings is 1. The minimum atomic E-state index is -0.0204. The van der Waals surface area contributed by atoms with Gasteiger partial charge in [0.25, 0.3) is 0 Å². The maximum Gasteiger partial charge on any atom is 0.246 e. The molecular weight excluding hydrogens is 214 g/mol. The second-order valence-corrected chi connectivity index (χ2v) is 3.87. The fraction of sp³-hybridized carbons (Fsp3) is 0.214. The minimum absolute atomic E-state index is 0.0204. The Balaban J connectivity index is 2.18. The predicted molar refractivity (Wildman–Crippen MR) is 68.6 cm³/mol. The molecule has 1 aromatic carbocycles. The van der Waals surface area contributed by atoms with Crippen molar-refractivity contribution in [2.45, 2.75) is 6.92 Å². The van der Waals surface area contributed by atoms with Gasteiger partial charge in [0.1, 0.15) is 11.3 Å². The topological polar surface area (TPSA) is 33.5 Å². The Kier molecular flexibility index (Phi) is 3.28. The third-order valence-electron chi connectivity index (χ3n) is 2.69. The number of carbonyl (C=O) groups is 1. The van der Waals surface area contributed by atoms with E-state index < -0.39 is 0 Å². The van der Waals surface area contributed by atoms with Crippen molar-refractivity contribution < 1.29 is 9.21 Å². The largest absolute Gasteiger partial charge is 0.457 e. The summed E-state index contributed by atoms with van der Waals surface area (Å²) in [6, 6.07) is 9.70. The number of hydrogen-bond acceptors (Lipinski definition) is 2. The van der Waals surface area contributed by atoms with E-state index in [2.05, 4.69) is 0 Å². The van der Waals surface area contributed by atoms with E-state index in [9.17, 15) is 4.79 Å². The molecule has 0 N–H and O–H groups in total. The summed E-state index contributed by atoms with van der Waals surface area (Å²) in [5.41, 5.74) is 0.837. The zero-order chi connectivity index (χ0) is 12.3. The number of carbonyl (C=O) groups excluding carboxylic acids is 1. The lowest BCUT2D eigenvalue weighted by Gasteiger charge is -2.10. The van der Waals surface area contributed by atoms with Crippen LogP contribution in [0.1, 0.15) is 12.7 Å². The van der Waals surface area contributed by atoms with Crippen LogP contribution in [0.15, 0.2) is 40.8 Å². The molecule has 2 aromatic rings. The summed E-state index contributed by atoms with van der Waals surface area (Å²) in [6.45, 7) is 2.64. The Labute approximate surface area is 100 Å². The Morgan fingerprint density at radius 3 is 2.88 bits per heavy atom. The van der Waals surface area contributed by atoms with Gasteiger partial charge in [0.15, 0.2) is 0 Å². The van der Waals surface area contributed by atoms with Crippen LogP contribution in [0.25, 0.3) is 17.0 Å². The molecule has 1 amide bonds. The predicted octanol–water partition coefficient (Wildman–Crippen LogP) is 2.92. The number of fused-ring (bicyclic) bond motifs is 1. The number of para-hydroxylation sites is 1. The van der Waals surface area contributed by atoms with Crippen molar-refractivity contribution in [2.75, 3.05) is 13.6 Å². The number of nitrogens with zero attached hydrogens (tertiary/aromatic N) is 1. The smallest absolute Gasteiger partial charge is 0.246 e. The molecule has 0 saturated heterocycles. The zero-order valence-electron chi connectivity index (χ0n) is 10.0. The van der Waals surface area contributed by atoms with Crippen molar-refractivity contribution >= 4 is 23.0 Å². The molecule has 3 nitrogen and oxygen atoms in total. The first-order valence-corrected chi connectivity index (χ1v) is 5.62. The van der Waals surface area contributed by atoms with Gasteiger partial charge in [0.2, 0.25) is 5.91 Å². The van der Waals surface area contributed by atoms with Crippen LogP contribution in [0.4, 0.5) is 0 Å². The van der Waals surface area contributed by atoms with Gasteiger partial charge in [0.05, 0.1) is 0 Å².